The zero-order valence-electron chi connectivity index (χ0n) is 10.7. The molecule has 0 aliphatic rings. The first-order chi connectivity index (χ1) is 8.21. The Morgan fingerprint density at radius 1 is 1.33 bits per heavy atom. The van der Waals surface area contributed by atoms with E-state index in [4.69, 9.17) is 17.3 Å². The molecule has 1 aromatic carbocycles. The molecule has 1 aromatic rings. The van der Waals surface area contributed by atoms with Gasteiger partial charge in [0, 0.05) is 12.0 Å². The minimum absolute atomic E-state index is 0.0573. The Labute approximate surface area is 112 Å². The summed E-state index contributed by atoms with van der Waals surface area (Å²) in [6.07, 6.45) is 0. The van der Waals surface area contributed by atoms with Gasteiger partial charge in [0.05, 0.1) is 10.6 Å². The first-order valence-electron chi connectivity index (χ1n) is 5.58. The molecule has 0 saturated carbocycles. The Bertz CT molecular complexity index is 478. The lowest BCUT2D eigenvalue weighted by molar-refractivity contribution is -0.128. The third-order valence-electron chi connectivity index (χ3n) is 2.43. The minimum Gasteiger partial charge on any atom is -0.366 e. The highest BCUT2D eigenvalue weighted by Gasteiger charge is 2.20. The maximum atomic E-state index is 11.7. The number of nitrogens with one attached hydrogen (secondary N) is 1. The molecule has 0 aliphatic carbocycles. The van der Waals surface area contributed by atoms with Crippen LogP contribution in [0.3, 0.4) is 0 Å². The summed E-state index contributed by atoms with van der Waals surface area (Å²) < 4.78 is 0. The molecule has 0 bridgehead atoms. The maximum Gasteiger partial charge on any atom is 0.250 e. The van der Waals surface area contributed by atoms with E-state index in [0.29, 0.717) is 11.6 Å². The van der Waals surface area contributed by atoms with Crippen molar-refractivity contribution in [1.29, 1.82) is 0 Å². The lowest BCUT2D eigenvalue weighted by Gasteiger charge is -2.17. The number of rotatable bonds is 3. The molecule has 2 amide bonds. The van der Waals surface area contributed by atoms with Crippen LogP contribution in [0, 0.1) is 5.41 Å². The van der Waals surface area contributed by atoms with E-state index in [0.717, 1.165) is 5.56 Å². The summed E-state index contributed by atoms with van der Waals surface area (Å²) in [6.45, 7) is 5.84. The van der Waals surface area contributed by atoms with Gasteiger partial charge in [-0.2, -0.15) is 0 Å². The number of carbonyl (C=O) groups excluding carboxylic acids is 2. The molecule has 0 aliphatic heterocycles. The summed E-state index contributed by atoms with van der Waals surface area (Å²) in [4.78, 5) is 22.8. The fraction of sp³-hybridized carbons (Fsp3) is 0.385. The van der Waals surface area contributed by atoms with Crippen molar-refractivity contribution in [3.63, 3.8) is 0 Å². The second-order valence-electron chi connectivity index (χ2n) is 5.11. The normalized spacial score (nSPS) is 11.1. The van der Waals surface area contributed by atoms with Crippen LogP contribution in [0.4, 0.5) is 0 Å². The predicted molar refractivity (Wildman–Crippen MR) is 71.3 cm³/mol. The van der Waals surface area contributed by atoms with Gasteiger partial charge in [0.25, 0.3) is 0 Å². The molecular formula is C13H17ClN2O2. The lowest BCUT2D eigenvalue weighted by atomic mass is 9.95. The second kappa shape index (κ2) is 5.40. The van der Waals surface area contributed by atoms with Gasteiger partial charge in [-0.25, -0.2) is 0 Å². The number of carbonyl (C=O) groups is 2. The Hall–Kier alpha value is -1.55. The third kappa shape index (κ3) is 3.74. The largest absolute Gasteiger partial charge is 0.366 e. The minimum atomic E-state index is -0.580. The SMILES string of the molecule is CC(C)(C)C(=O)NCc1ccc(Cl)c(C(N)=O)c1. The van der Waals surface area contributed by atoms with Gasteiger partial charge < -0.3 is 11.1 Å². The molecular weight excluding hydrogens is 252 g/mol. The monoisotopic (exact) mass is 268 g/mol. The molecule has 0 unspecified atom stereocenters. The van der Waals surface area contributed by atoms with Gasteiger partial charge in [0.15, 0.2) is 0 Å². The van der Waals surface area contributed by atoms with Crippen LogP contribution in [-0.2, 0) is 11.3 Å². The fourth-order valence-electron chi connectivity index (χ4n) is 1.32. The second-order valence-corrected chi connectivity index (χ2v) is 5.52. The summed E-state index contributed by atoms with van der Waals surface area (Å²) in [7, 11) is 0. The van der Waals surface area contributed by atoms with Gasteiger partial charge in [0.1, 0.15) is 0 Å². The van der Waals surface area contributed by atoms with Crippen LogP contribution in [0.15, 0.2) is 18.2 Å². The average molecular weight is 269 g/mol. The molecule has 3 N–H and O–H groups in total. The van der Waals surface area contributed by atoms with Crippen LogP contribution < -0.4 is 11.1 Å². The van der Waals surface area contributed by atoms with E-state index in [1.54, 1.807) is 18.2 Å². The average Bonchev–Trinajstić information content (AvgIpc) is 2.25. The van der Waals surface area contributed by atoms with Crippen LogP contribution in [0.25, 0.3) is 0 Å². The van der Waals surface area contributed by atoms with Crippen molar-refractivity contribution in [2.45, 2.75) is 27.3 Å². The topological polar surface area (TPSA) is 72.2 Å². The summed E-state index contributed by atoms with van der Waals surface area (Å²) in [5.41, 5.74) is 5.80. The number of halogens is 1. The lowest BCUT2D eigenvalue weighted by Crippen LogP contribution is -2.34. The van der Waals surface area contributed by atoms with Gasteiger partial charge in [-0.15, -0.1) is 0 Å². The Kier molecular flexibility index (Phi) is 4.35. The molecule has 0 atom stereocenters. The summed E-state index contributed by atoms with van der Waals surface area (Å²) >= 11 is 5.84. The van der Waals surface area contributed by atoms with Crippen molar-refractivity contribution in [3.8, 4) is 0 Å². The van der Waals surface area contributed by atoms with Crippen LogP contribution in [0.2, 0.25) is 5.02 Å². The molecule has 98 valence electrons. The van der Waals surface area contributed by atoms with Gasteiger partial charge in [-0.05, 0) is 17.7 Å². The molecule has 0 fully saturated rings. The molecule has 0 saturated heterocycles. The van der Waals surface area contributed by atoms with E-state index in [1.165, 1.54) is 0 Å². The Balaban J connectivity index is 2.78. The van der Waals surface area contributed by atoms with Crippen molar-refractivity contribution in [2.75, 3.05) is 0 Å². The molecule has 4 nitrogen and oxygen atoms in total. The molecule has 1 rings (SSSR count). The zero-order chi connectivity index (χ0) is 13.9. The number of benzene rings is 1. The van der Waals surface area contributed by atoms with E-state index in [-0.39, 0.29) is 11.5 Å². The highest BCUT2D eigenvalue weighted by Crippen LogP contribution is 2.18. The van der Waals surface area contributed by atoms with E-state index in [1.807, 2.05) is 20.8 Å². The van der Waals surface area contributed by atoms with Crippen LogP contribution in [0.1, 0.15) is 36.7 Å². The molecule has 0 radical (unpaired) electrons. The highest BCUT2D eigenvalue weighted by molar-refractivity contribution is 6.33. The van der Waals surface area contributed by atoms with Gasteiger partial charge in [0.2, 0.25) is 11.8 Å². The third-order valence-corrected chi connectivity index (χ3v) is 2.76. The van der Waals surface area contributed by atoms with Crippen molar-refractivity contribution in [1.82, 2.24) is 5.32 Å². The summed E-state index contributed by atoms with van der Waals surface area (Å²) in [6, 6.07) is 4.94. The Morgan fingerprint density at radius 2 is 1.94 bits per heavy atom. The fourth-order valence-corrected chi connectivity index (χ4v) is 1.53. The molecule has 0 spiro atoms. The molecule has 0 aromatic heterocycles. The molecule has 5 heteroatoms. The maximum absolute atomic E-state index is 11.7. The molecule has 18 heavy (non-hydrogen) atoms. The zero-order valence-corrected chi connectivity index (χ0v) is 11.5. The van der Waals surface area contributed by atoms with Crippen molar-refractivity contribution >= 4 is 23.4 Å². The van der Waals surface area contributed by atoms with E-state index < -0.39 is 11.3 Å². The van der Waals surface area contributed by atoms with Crippen LogP contribution >= 0.6 is 11.6 Å². The number of amides is 2. The molecule has 0 heterocycles. The van der Waals surface area contributed by atoms with Crippen molar-refractivity contribution < 1.29 is 9.59 Å². The number of hydrogen-bond acceptors (Lipinski definition) is 2. The summed E-state index contributed by atoms with van der Waals surface area (Å²) in [5.74, 6) is -0.637. The summed E-state index contributed by atoms with van der Waals surface area (Å²) in [5, 5.41) is 3.10. The van der Waals surface area contributed by atoms with Gasteiger partial charge >= 0.3 is 0 Å². The van der Waals surface area contributed by atoms with E-state index in [9.17, 15) is 9.59 Å². The van der Waals surface area contributed by atoms with Crippen molar-refractivity contribution in [2.24, 2.45) is 11.1 Å². The number of nitrogens with two attached hydrogens (primary N) is 1. The highest BCUT2D eigenvalue weighted by atomic mass is 35.5. The van der Waals surface area contributed by atoms with Gasteiger partial charge in [-0.3, -0.25) is 9.59 Å². The standard InChI is InChI=1S/C13H17ClN2O2/c1-13(2,3)12(18)16-7-8-4-5-10(14)9(6-8)11(15)17/h4-6H,7H2,1-3H3,(H2,15,17)(H,16,18). The van der Waals surface area contributed by atoms with Crippen molar-refractivity contribution in [3.05, 3.63) is 34.3 Å². The van der Waals surface area contributed by atoms with Gasteiger partial charge in [-0.1, -0.05) is 38.4 Å². The number of hydrogen-bond donors (Lipinski definition) is 2. The quantitative estimate of drug-likeness (QED) is 0.881. The van der Waals surface area contributed by atoms with E-state index in [2.05, 4.69) is 5.32 Å². The van der Waals surface area contributed by atoms with Crippen LogP contribution in [-0.4, -0.2) is 11.8 Å². The first kappa shape index (κ1) is 14.5. The predicted octanol–water partition coefficient (Wildman–Crippen LogP) is 2.10. The van der Waals surface area contributed by atoms with E-state index >= 15 is 0 Å². The van der Waals surface area contributed by atoms with Crippen LogP contribution in [0.5, 0.6) is 0 Å². The Morgan fingerprint density at radius 3 is 2.44 bits per heavy atom. The number of primary amides is 1. The smallest absolute Gasteiger partial charge is 0.250 e. The first-order valence-corrected chi connectivity index (χ1v) is 5.96.